The molecule has 0 radical (unpaired) electrons. The van der Waals surface area contributed by atoms with E-state index in [0.29, 0.717) is 5.56 Å². The second kappa shape index (κ2) is 8.98. The molecule has 28 heavy (non-hydrogen) atoms. The van der Waals surface area contributed by atoms with Crippen molar-refractivity contribution in [3.8, 4) is 11.5 Å². The Morgan fingerprint density at radius 1 is 1.14 bits per heavy atom. The van der Waals surface area contributed by atoms with Gasteiger partial charge in [-0.1, -0.05) is 29.8 Å². The van der Waals surface area contributed by atoms with E-state index in [1.165, 1.54) is 20.1 Å². The van der Waals surface area contributed by atoms with E-state index in [9.17, 15) is 19.7 Å². The lowest BCUT2D eigenvalue weighted by Crippen LogP contribution is -2.25. The summed E-state index contributed by atoms with van der Waals surface area (Å²) in [5, 5.41) is 11.4. The first-order valence-electron chi connectivity index (χ1n) is 8.59. The highest BCUT2D eigenvalue weighted by Gasteiger charge is 2.28. The number of Topliss-reactive ketones (excluding diaryl/α,β-unsaturated/α-hetero) is 1. The van der Waals surface area contributed by atoms with Crippen molar-refractivity contribution in [2.45, 2.75) is 26.9 Å². The molecule has 2 aromatic carbocycles. The number of carbonyl (C=O) groups is 2. The van der Waals surface area contributed by atoms with E-state index in [4.69, 9.17) is 14.2 Å². The number of aryl methyl sites for hydroxylation is 1. The van der Waals surface area contributed by atoms with Crippen LogP contribution in [-0.2, 0) is 4.74 Å². The molecule has 8 nitrogen and oxygen atoms in total. The van der Waals surface area contributed by atoms with Crippen LogP contribution in [0.3, 0.4) is 0 Å². The minimum absolute atomic E-state index is 0.119. The molecule has 1 atom stereocenters. The molecule has 2 aromatic rings. The van der Waals surface area contributed by atoms with Crippen LogP contribution >= 0.6 is 0 Å². The van der Waals surface area contributed by atoms with Gasteiger partial charge in [-0.15, -0.1) is 0 Å². The fourth-order valence-electron chi connectivity index (χ4n) is 2.52. The molecular formula is C20H21NO7. The summed E-state index contributed by atoms with van der Waals surface area (Å²) >= 11 is 0. The number of hydrogen-bond donors (Lipinski definition) is 0. The Morgan fingerprint density at radius 3 is 2.32 bits per heavy atom. The number of rotatable bonds is 8. The van der Waals surface area contributed by atoms with Gasteiger partial charge in [0.2, 0.25) is 5.78 Å². The van der Waals surface area contributed by atoms with Crippen LogP contribution in [-0.4, -0.2) is 36.5 Å². The molecule has 0 unspecified atom stereocenters. The van der Waals surface area contributed by atoms with E-state index in [0.717, 1.165) is 11.6 Å². The Labute approximate surface area is 162 Å². The summed E-state index contributed by atoms with van der Waals surface area (Å²) < 4.78 is 15.6. The molecule has 8 heteroatoms. The van der Waals surface area contributed by atoms with Crippen LogP contribution in [0.2, 0.25) is 0 Å². The Kier molecular flexibility index (Phi) is 6.70. The molecule has 2 rings (SSSR count). The Hall–Kier alpha value is -3.42. The average molecular weight is 387 g/mol. The summed E-state index contributed by atoms with van der Waals surface area (Å²) in [6.45, 7) is 5.29. The number of nitrogens with zero attached hydrogens (tertiary/aromatic N) is 1. The number of ketones is 1. The molecule has 0 spiro atoms. The Morgan fingerprint density at radius 2 is 1.79 bits per heavy atom. The fraction of sp³-hybridized carbons (Fsp3) is 0.300. The van der Waals surface area contributed by atoms with Crippen LogP contribution in [0.5, 0.6) is 11.5 Å². The van der Waals surface area contributed by atoms with Crippen molar-refractivity contribution in [1.82, 2.24) is 0 Å². The van der Waals surface area contributed by atoms with E-state index < -0.39 is 28.5 Å². The van der Waals surface area contributed by atoms with Crippen LogP contribution in [0.1, 0.15) is 40.1 Å². The predicted molar refractivity (Wildman–Crippen MR) is 101 cm³/mol. The zero-order valence-electron chi connectivity index (χ0n) is 16.1. The van der Waals surface area contributed by atoms with E-state index in [2.05, 4.69) is 0 Å². The van der Waals surface area contributed by atoms with Gasteiger partial charge in [-0.05, 0) is 20.8 Å². The standard InChI is InChI=1S/C20H21NO7/c1-5-27-18-10-15(16(21(24)25)11-17(18)26-4)20(23)28-13(3)19(22)14-8-6-12(2)7-9-14/h6-11,13H,5H2,1-4H3/t13-/m1/s1. The van der Waals surface area contributed by atoms with Crippen molar-refractivity contribution >= 4 is 17.4 Å². The first kappa shape index (κ1) is 20.9. The SMILES string of the molecule is CCOc1cc(C(=O)O[C@H](C)C(=O)c2ccc(C)cc2)c([N+](=O)[O-])cc1OC. The van der Waals surface area contributed by atoms with Gasteiger partial charge in [-0.3, -0.25) is 14.9 Å². The topological polar surface area (TPSA) is 105 Å². The van der Waals surface area contributed by atoms with Crippen molar-refractivity contribution in [1.29, 1.82) is 0 Å². The van der Waals surface area contributed by atoms with Crippen molar-refractivity contribution in [3.63, 3.8) is 0 Å². The monoisotopic (exact) mass is 387 g/mol. The maximum atomic E-state index is 12.6. The van der Waals surface area contributed by atoms with Crippen LogP contribution in [0.15, 0.2) is 36.4 Å². The summed E-state index contributed by atoms with van der Waals surface area (Å²) in [5.74, 6) is -1.12. The number of nitro groups is 1. The van der Waals surface area contributed by atoms with Crippen LogP contribution in [0.4, 0.5) is 5.69 Å². The number of ether oxygens (including phenoxy) is 3. The highest BCUT2D eigenvalue weighted by atomic mass is 16.6. The molecule has 0 bridgehead atoms. The molecule has 0 N–H and O–H groups in total. The second-order valence-electron chi connectivity index (χ2n) is 5.99. The second-order valence-corrected chi connectivity index (χ2v) is 5.99. The van der Waals surface area contributed by atoms with Gasteiger partial charge in [0.05, 0.1) is 24.7 Å². The smallest absolute Gasteiger partial charge is 0.346 e. The van der Waals surface area contributed by atoms with Gasteiger partial charge in [0.15, 0.2) is 17.6 Å². The lowest BCUT2D eigenvalue weighted by Gasteiger charge is -2.14. The first-order valence-corrected chi connectivity index (χ1v) is 8.59. The van der Waals surface area contributed by atoms with Crippen molar-refractivity contribution in [2.75, 3.05) is 13.7 Å². The summed E-state index contributed by atoms with van der Waals surface area (Å²) in [4.78, 5) is 35.7. The van der Waals surface area contributed by atoms with Crippen molar-refractivity contribution < 1.29 is 28.7 Å². The summed E-state index contributed by atoms with van der Waals surface area (Å²) in [7, 11) is 1.34. The minimum atomic E-state index is -1.12. The lowest BCUT2D eigenvalue weighted by atomic mass is 10.1. The summed E-state index contributed by atoms with van der Waals surface area (Å²) in [6.07, 6.45) is -1.12. The van der Waals surface area contributed by atoms with Crippen molar-refractivity contribution in [2.24, 2.45) is 0 Å². The number of esters is 1. The number of benzene rings is 2. The zero-order valence-corrected chi connectivity index (χ0v) is 16.1. The molecule has 0 aliphatic carbocycles. The van der Waals surface area contributed by atoms with E-state index in [1.54, 1.807) is 31.2 Å². The average Bonchev–Trinajstić information content (AvgIpc) is 2.67. The van der Waals surface area contributed by atoms with E-state index in [-0.39, 0.29) is 23.7 Å². The van der Waals surface area contributed by atoms with Gasteiger partial charge >= 0.3 is 5.97 Å². The molecular weight excluding hydrogens is 366 g/mol. The number of hydrogen-bond acceptors (Lipinski definition) is 7. The molecule has 0 fully saturated rings. The number of carbonyl (C=O) groups excluding carboxylic acids is 2. The maximum absolute atomic E-state index is 12.6. The Bertz CT molecular complexity index is 890. The minimum Gasteiger partial charge on any atom is -0.493 e. The lowest BCUT2D eigenvalue weighted by molar-refractivity contribution is -0.385. The van der Waals surface area contributed by atoms with Gasteiger partial charge in [-0.2, -0.15) is 0 Å². The summed E-state index contributed by atoms with van der Waals surface area (Å²) in [6, 6.07) is 9.07. The van der Waals surface area contributed by atoms with Gasteiger partial charge in [-0.25, -0.2) is 4.79 Å². The van der Waals surface area contributed by atoms with Crippen molar-refractivity contribution in [3.05, 3.63) is 63.2 Å². The van der Waals surface area contributed by atoms with E-state index >= 15 is 0 Å². The third kappa shape index (κ3) is 4.64. The highest BCUT2D eigenvalue weighted by molar-refractivity contribution is 6.02. The largest absolute Gasteiger partial charge is 0.493 e. The molecule has 0 saturated carbocycles. The number of methoxy groups -OCH3 is 1. The van der Waals surface area contributed by atoms with Crippen LogP contribution in [0.25, 0.3) is 0 Å². The van der Waals surface area contributed by atoms with E-state index in [1.807, 2.05) is 6.92 Å². The van der Waals surface area contributed by atoms with Crippen LogP contribution < -0.4 is 9.47 Å². The quantitative estimate of drug-likeness (QED) is 0.294. The van der Waals surface area contributed by atoms with Gasteiger partial charge in [0.1, 0.15) is 5.56 Å². The molecule has 0 aromatic heterocycles. The van der Waals surface area contributed by atoms with Gasteiger partial charge < -0.3 is 14.2 Å². The van der Waals surface area contributed by atoms with Gasteiger partial charge in [0.25, 0.3) is 5.69 Å². The summed E-state index contributed by atoms with van der Waals surface area (Å²) in [5.41, 5.74) is 0.543. The Balaban J connectivity index is 2.31. The number of nitro benzene ring substituents is 1. The molecule has 0 aliphatic rings. The molecule has 0 saturated heterocycles. The zero-order chi connectivity index (χ0) is 20.8. The molecule has 0 heterocycles. The maximum Gasteiger partial charge on any atom is 0.346 e. The van der Waals surface area contributed by atoms with Gasteiger partial charge in [0, 0.05) is 11.6 Å². The first-order chi connectivity index (χ1) is 13.3. The normalized spacial score (nSPS) is 11.4. The third-order valence-corrected chi connectivity index (χ3v) is 3.99. The van der Waals surface area contributed by atoms with Crippen LogP contribution in [0, 0.1) is 17.0 Å². The molecule has 0 amide bonds. The molecule has 148 valence electrons. The molecule has 0 aliphatic heterocycles. The predicted octanol–water partition coefficient (Wildman–Crippen LogP) is 3.74. The highest BCUT2D eigenvalue weighted by Crippen LogP contribution is 2.35. The third-order valence-electron chi connectivity index (χ3n) is 3.99. The fourth-order valence-corrected chi connectivity index (χ4v) is 2.52.